The molecule has 6 rings (SSSR count). The van der Waals surface area contributed by atoms with Crippen LogP contribution in [-0.4, -0.2) is 63.2 Å². The van der Waals surface area contributed by atoms with Gasteiger partial charge >= 0.3 is 6.03 Å². The van der Waals surface area contributed by atoms with Gasteiger partial charge < -0.3 is 15.1 Å². The van der Waals surface area contributed by atoms with E-state index in [4.69, 9.17) is 5.10 Å². The summed E-state index contributed by atoms with van der Waals surface area (Å²) in [5, 5.41) is 10.9. The first kappa shape index (κ1) is 31.3. The van der Waals surface area contributed by atoms with E-state index >= 15 is 0 Å². The minimum Gasteiger partial charge on any atom is -0.337 e. The van der Waals surface area contributed by atoms with E-state index in [1.165, 1.54) is 30.4 Å². The third kappa shape index (κ3) is 7.60. The Kier molecular flexibility index (Phi) is 9.31. The first-order chi connectivity index (χ1) is 21.6. The van der Waals surface area contributed by atoms with Crippen LogP contribution in [0.15, 0.2) is 54.6 Å². The molecule has 0 spiro atoms. The van der Waals surface area contributed by atoms with Crippen LogP contribution in [0, 0.1) is 12.8 Å². The molecule has 2 unspecified atom stereocenters. The molecule has 2 N–H and O–H groups in total. The van der Waals surface area contributed by atoms with Gasteiger partial charge in [-0.05, 0) is 101 Å². The Morgan fingerprint density at radius 1 is 0.911 bits per heavy atom. The van der Waals surface area contributed by atoms with Gasteiger partial charge in [-0.3, -0.25) is 10.1 Å². The number of nitrogens with zero attached hydrogens (tertiary/aromatic N) is 4. The van der Waals surface area contributed by atoms with E-state index in [9.17, 15) is 9.59 Å². The van der Waals surface area contributed by atoms with Crippen LogP contribution >= 0.6 is 0 Å². The molecule has 0 aliphatic carbocycles. The zero-order chi connectivity index (χ0) is 31.6. The van der Waals surface area contributed by atoms with Crippen molar-refractivity contribution in [2.45, 2.75) is 103 Å². The van der Waals surface area contributed by atoms with Crippen LogP contribution in [0.3, 0.4) is 0 Å². The molecule has 3 saturated heterocycles. The van der Waals surface area contributed by atoms with Gasteiger partial charge in [-0.2, -0.15) is 5.10 Å². The predicted octanol–water partition coefficient (Wildman–Crippen LogP) is 7.31. The van der Waals surface area contributed by atoms with E-state index < -0.39 is 0 Å². The summed E-state index contributed by atoms with van der Waals surface area (Å²) < 4.78 is 1.80. The number of hydrogen-bond acceptors (Lipinski definition) is 4. The first-order valence-corrected chi connectivity index (χ1v) is 17.0. The standard InChI is InChI=1S/C37H50N6O2/c1-26-11-13-30(14-12-26)43-34(25-33(40-43)37(2,3)4)39-36(45)38-29-10-8-9-27(22-29)21-28-23-31-15-16-32(24-28)42(31)35(44)17-20-41-18-6-5-7-19-41/h8-14,22,25,28,31-32H,5-7,15-21,23-24H2,1-4H3,(H2,38,39,45). The van der Waals surface area contributed by atoms with Crippen molar-refractivity contribution in [1.29, 1.82) is 0 Å². The monoisotopic (exact) mass is 610 g/mol. The van der Waals surface area contributed by atoms with Crippen molar-refractivity contribution in [3.05, 3.63) is 71.4 Å². The predicted molar refractivity (Wildman–Crippen MR) is 181 cm³/mol. The second-order valence-corrected chi connectivity index (χ2v) is 14.6. The summed E-state index contributed by atoms with van der Waals surface area (Å²) in [4.78, 5) is 31.2. The minimum absolute atomic E-state index is 0.160. The molecule has 45 heavy (non-hydrogen) atoms. The van der Waals surface area contributed by atoms with Crippen molar-refractivity contribution >= 4 is 23.4 Å². The Labute approximate surface area is 268 Å². The number of piperidine rings is 2. The van der Waals surface area contributed by atoms with Crippen LogP contribution in [0.1, 0.15) is 89.0 Å². The fourth-order valence-electron chi connectivity index (χ4n) is 7.54. The largest absolute Gasteiger partial charge is 0.337 e. The van der Waals surface area contributed by atoms with Gasteiger partial charge in [0.2, 0.25) is 5.91 Å². The number of carbonyl (C=O) groups excluding carboxylic acids is 2. The van der Waals surface area contributed by atoms with Gasteiger partial charge in [0.25, 0.3) is 0 Å². The summed E-state index contributed by atoms with van der Waals surface area (Å²) in [5.41, 5.74) is 4.82. The third-order valence-electron chi connectivity index (χ3n) is 9.92. The second-order valence-electron chi connectivity index (χ2n) is 14.6. The molecule has 1 aromatic heterocycles. The Morgan fingerprint density at radius 3 is 2.31 bits per heavy atom. The fraction of sp³-hybridized carbons (Fsp3) is 0.541. The number of amides is 3. The van der Waals surface area contributed by atoms with E-state index in [0.717, 1.165) is 68.8 Å². The fourth-order valence-corrected chi connectivity index (χ4v) is 7.54. The number of anilines is 2. The minimum atomic E-state index is -0.296. The van der Waals surface area contributed by atoms with E-state index in [1.54, 1.807) is 4.68 Å². The number of urea groups is 1. The average molecular weight is 611 g/mol. The van der Waals surface area contributed by atoms with E-state index in [2.05, 4.69) is 60.3 Å². The molecule has 3 aromatic rings. The molecule has 3 aliphatic rings. The quantitative estimate of drug-likeness (QED) is 0.280. The van der Waals surface area contributed by atoms with Gasteiger partial charge in [0.1, 0.15) is 5.82 Å². The molecule has 240 valence electrons. The van der Waals surface area contributed by atoms with Gasteiger partial charge in [-0.15, -0.1) is 0 Å². The molecule has 2 aromatic carbocycles. The molecule has 2 atom stereocenters. The van der Waals surface area contributed by atoms with Crippen molar-refractivity contribution in [2.75, 3.05) is 30.3 Å². The SMILES string of the molecule is Cc1ccc(-n2nc(C(C)(C)C)cc2NC(=O)Nc2cccc(CC3CC4CCC(C3)N4C(=O)CCN3CCCCC3)c2)cc1. The molecule has 2 bridgehead atoms. The van der Waals surface area contributed by atoms with Gasteiger partial charge in [0, 0.05) is 42.2 Å². The molecule has 0 saturated carbocycles. The van der Waals surface area contributed by atoms with Gasteiger partial charge in [-0.25, -0.2) is 9.48 Å². The summed E-state index contributed by atoms with van der Waals surface area (Å²) in [6.45, 7) is 11.6. The van der Waals surface area contributed by atoms with Crippen LogP contribution in [0.4, 0.5) is 16.3 Å². The Bertz CT molecular complexity index is 1470. The molecule has 8 heteroatoms. The van der Waals surface area contributed by atoms with Crippen LogP contribution in [0.2, 0.25) is 0 Å². The second kappa shape index (κ2) is 13.4. The highest BCUT2D eigenvalue weighted by molar-refractivity contribution is 5.99. The molecule has 4 heterocycles. The third-order valence-corrected chi connectivity index (χ3v) is 9.92. The highest BCUT2D eigenvalue weighted by atomic mass is 16.2. The van der Waals surface area contributed by atoms with Gasteiger partial charge in [-0.1, -0.05) is 57.0 Å². The Hall–Kier alpha value is -3.65. The maximum absolute atomic E-state index is 13.3. The number of fused-ring (bicyclic) bond motifs is 2. The van der Waals surface area contributed by atoms with E-state index in [-0.39, 0.29) is 11.4 Å². The summed E-state index contributed by atoms with van der Waals surface area (Å²) in [6, 6.07) is 18.8. The van der Waals surface area contributed by atoms with Crippen LogP contribution in [0.25, 0.3) is 5.69 Å². The number of aromatic nitrogens is 2. The number of benzene rings is 2. The number of rotatable bonds is 8. The van der Waals surface area contributed by atoms with E-state index in [1.807, 2.05) is 42.5 Å². The zero-order valence-corrected chi connectivity index (χ0v) is 27.5. The molecule has 3 amide bonds. The lowest BCUT2D eigenvalue weighted by Gasteiger charge is -2.39. The number of aryl methyl sites for hydroxylation is 1. The highest BCUT2D eigenvalue weighted by Crippen LogP contribution is 2.40. The molecule has 3 aliphatic heterocycles. The van der Waals surface area contributed by atoms with Crippen molar-refractivity contribution in [1.82, 2.24) is 19.6 Å². The lowest BCUT2D eigenvalue weighted by Crippen LogP contribution is -2.47. The number of carbonyl (C=O) groups is 2. The average Bonchev–Trinajstić information content (AvgIpc) is 3.55. The molecular formula is C37H50N6O2. The lowest BCUT2D eigenvalue weighted by molar-refractivity contribution is -0.136. The molecular weight excluding hydrogens is 560 g/mol. The topological polar surface area (TPSA) is 82.5 Å². The normalized spacial score (nSPS) is 22.0. The zero-order valence-electron chi connectivity index (χ0n) is 27.5. The first-order valence-electron chi connectivity index (χ1n) is 17.0. The van der Waals surface area contributed by atoms with Crippen LogP contribution in [0.5, 0.6) is 0 Å². The number of nitrogens with one attached hydrogen (secondary N) is 2. The van der Waals surface area contributed by atoms with Crippen LogP contribution in [-0.2, 0) is 16.6 Å². The number of likely N-dealkylation sites (tertiary alicyclic amines) is 1. The Morgan fingerprint density at radius 2 is 1.62 bits per heavy atom. The van der Waals surface area contributed by atoms with Gasteiger partial charge in [0.15, 0.2) is 0 Å². The summed E-state index contributed by atoms with van der Waals surface area (Å²) in [6.07, 6.45) is 9.91. The van der Waals surface area contributed by atoms with Gasteiger partial charge in [0.05, 0.1) is 11.4 Å². The van der Waals surface area contributed by atoms with E-state index in [0.29, 0.717) is 36.1 Å². The van der Waals surface area contributed by atoms with Crippen LogP contribution < -0.4 is 10.6 Å². The molecule has 8 nitrogen and oxygen atoms in total. The highest BCUT2D eigenvalue weighted by Gasteiger charge is 2.42. The number of hydrogen-bond donors (Lipinski definition) is 2. The molecule has 0 radical (unpaired) electrons. The van der Waals surface area contributed by atoms with Crippen molar-refractivity contribution in [3.8, 4) is 5.69 Å². The maximum atomic E-state index is 13.3. The van der Waals surface area contributed by atoms with Crippen molar-refractivity contribution in [2.24, 2.45) is 5.92 Å². The van der Waals surface area contributed by atoms with Crippen molar-refractivity contribution in [3.63, 3.8) is 0 Å². The van der Waals surface area contributed by atoms with Crippen molar-refractivity contribution < 1.29 is 9.59 Å². The Balaban J connectivity index is 1.06. The lowest BCUT2D eigenvalue weighted by atomic mass is 9.85. The molecule has 3 fully saturated rings. The summed E-state index contributed by atoms with van der Waals surface area (Å²) in [5.74, 6) is 1.55. The smallest absolute Gasteiger partial charge is 0.324 e. The maximum Gasteiger partial charge on any atom is 0.324 e. The summed E-state index contributed by atoms with van der Waals surface area (Å²) in [7, 11) is 0. The summed E-state index contributed by atoms with van der Waals surface area (Å²) >= 11 is 0.